The summed E-state index contributed by atoms with van der Waals surface area (Å²) in [6, 6.07) is 0. The number of carbonyl (C=O) groups excluding carboxylic acids is 1. The summed E-state index contributed by atoms with van der Waals surface area (Å²) in [5.41, 5.74) is 5.09. The number of hydrogen-bond acceptors (Lipinski definition) is 5. The minimum Gasteiger partial charge on any atom is -0.378 e. The number of hydrogen-bond donors (Lipinski definition) is 2. The molecule has 1 aromatic heterocycles. The highest BCUT2D eigenvalue weighted by Crippen LogP contribution is 2.19. The molecule has 8 nitrogen and oxygen atoms in total. The third-order valence-corrected chi connectivity index (χ3v) is 1.63. The number of aromatic nitrogens is 2. The van der Waals surface area contributed by atoms with Crippen molar-refractivity contribution < 1.29 is 9.72 Å². The fourth-order valence-corrected chi connectivity index (χ4v) is 0.867. The van der Waals surface area contributed by atoms with E-state index in [1.165, 1.54) is 7.05 Å². The lowest BCUT2D eigenvalue weighted by atomic mass is 10.5. The second kappa shape index (κ2) is 3.73. The van der Waals surface area contributed by atoms with Crippen LogP contribution in [0.4, 0.5) is 11.5 Å². The lowest BCUT2D eigenvalue weighted by molar-refractivity contribution is -0.384. The highest BCUT2D eigenvalue weighted by atomic mass is 16.6. The molecular formula is C6H9N5O3. The predicted molar refractivity (Wildman–Crippen MR) is 47.4 cm³/mol. The Morgan fingerprint density at radius 3 is 2.93 bits per heavy atom. The predicted octanol–water partition coefficient (Wildman–Crippen LogP) is -0.880. The van der Waals surface area contributed by atoms with E-state index in [0.29, 0.717) is 0 Å². The number of nitrogens with two attached hydrogens (primary N) is 1. The molecule has 0 aliphatic carbocycles. The van der Waals surface area contributed by atoms with Crippen molar-refractivity contribution in [2.45, 2.75) is 6.54 Å². The smallest absolute Gasteiger partial charge is 0.330 e. The zero-order valence-electron chi connectivity index (χ0n) is 7.43. The van der Waals surface area contributed by atoms with E-state index in [1.54, 1.807) is 0 Å². The second-order valence-corrected chi connectivity index (χ2v) is 2.50. The summed E-state index contributed by atoms with van der Waals surface area (Å²) >= 11 is 0. The number of amides is 1. The van der Waals surface area contributed by atoms with E-state index in [0.717, 1.165) is 10.9 Å². The second-order valence-electron chi connectivity index (χ2n) is 2.50. The first-order chi connectivity index (χ1) is 6.56. The van der Waals surface area contributed by atoms with Crippen LogP contribution in [-0.2, 0) is 11.3 Å². The van der Waals surface area contributed by atoms with E-state index < -0.39 is 4.92 Å². The average molecular weight is 199 g/mol. The van der Waals surface area contributed by atoms with E-state index in [4.69, 9.17) is 5.73 Å². The first-order valence-electron chi connectivity index (χ1n) is 3.72. The first-order valence-corrected chi connectivity index (χ1v) is 3.72. The molecule has 1 rings (SSSR count). The highest BCUT2D eigenvalue weighted by Gasteiger charge is 2.18. The average Bonchev–Trinajstić information content (AvgIpc) is 2.48. The molecular weight excluding hydrogens is 190 g/mol. The summed E-state index contributed by atoms with van der Waals surface area (Å²) in [7, 11) is 1.45. The Morgan fingerprint density at radius 1 is 1.86 bits per heavy atom. The molecule has 1 amide bonds. The van der Waals surface area contributed by atoms with Gasteiger partial charge in [0.05, 0.1) is 4.92 Å². The number of rotatable bonds is 3. The van der Waals surface area contributed by atoms with Crippen LogP contribution in [0.5, 0.6) is 0 Å². The third-order valence-electron chi connectivity index (χ3n) is 1.63. The summed E-state index contributed by atoms with van der Waals surface area (Å²) in [5.74, 6) is -0.451. The number of nitrogen functional groups attached to an aromatic ring is 1. The van der Waals surface area contributed by atoms with Crippen molar-refractivity contribution in [3.63, 3.8) is 0 Å². The molecule has 0 aliphatic heterocycles. The Hall–Kier alpha value is -2.12. The Labute approximate surface area is 78.8 Å². The van der Waals surface area contributed by atoms with E-state index >= 15 is 0 Å². The summed E-state index contributed by atoms with van der Waals surface area (Å²) in [6.45, 7) is -0.129. The number of nitrogens with zero attached hydrogens (tertiary/aromatic N) is 3. The lowest BCUT2D eigenvalue weighted by Crippen LogP contribution is -2.24. The molecule has 0 fully saturated rings. The van der Waals surface area contributed by atoms with Crippen molar-refractivity contribution in [2.24, 2.45) is 0 Å². The number of anilines is 1. The van der Waals surface area contributed by atoms with E-state index in [9.17, 15) is 14.9 Å². The third kappa shape index (κ3) is 1.79. The largest absolute Gasteiger partial charge is 0.378 e. The number of likely N-dealkylation sites (N-methyl/N-ethyl adjacent to an activating group) is 1. The van der Waals surface area contributed by atoms with Crippen LogP contribution in [0.3, 0.4) is 0 Å². The Kier molecular flexibility index (Phi) is 2.65. The van der Waals surface area contributed by atoms with Crippen LogP contribution in [-0.4, -0.2) is 27.7 Å². The molecule has 0 unspecified atom stereocenters. The zero-order chi connectivity index (χ0) is 10.7. The Bertz CT molecular complexity index is 372. The van der Waals surface area contributed by atoms with Crippen molar-refractivity contribution >= 4 is 17.4 Å². The fourth-order valence-electron chi connectivity index (χ4n) is 0.867. The summed E-state index contributed by atoms with van der Waals surface area (Å²) in [5, 5.41) is 16.3. The van der Waals surface area contributed by atoms with Gasteiger partial charge in [0, 0.05) is 7.05 Å². The standard InChI is InChI=1S/C6H9N5O3/c1-8-5(12)3-10-6(7)4(2-9-10)11(13)14/h2H,3,7H2,1H3,(H,8,12). The van der Waals surface area contributed by atoms with Crippen LogP contribution in [0, 0.1) is 10.1 Å². The molecule has 0 aromatic carbocycles. The molecule has 76 valence electrons. The molecule has 8 heteroatoms. The van der Waals surface area contributed by atoms with Crippen molar-refractivity contribution in [3.8, 4) is 0 Å². The zero-order valence-corrected chi connectivity index (χ0v) is 7.43. The maximum atomic E-state index is 10.9. The molecule has 0 bridgehead atoms. The van der Waals surface area contributed by atoms with Gasteiger partial charge in [0.15, 0.2) is 0 Å². The number of nitro groups is 1. The van der Waals surface area contributed by atoms with Crippen LogP contribution in [0.15, 0.2) is 6.20 Å². The fraction of sp³-hybridized carbons (Fsp3) is 0.333. The summed E-state index contributed by atoms with van der Waals surface area (Å²) in [4.78, 5) is 20.6. The molecule has 3 N–H and O–H groups in total. The molecule has 14 heavy (non-hydrogen) atoms. The molecule has 0 atom stereocenters. The molecule has 0 aliphatic rings. The summed E-state index contributed by atoms with van der Waals surface area (Å²) in [6.07, 6.45) is 1.01. The van der Waals surface area contributed by atoms with Crippen molar-refractivity contribution in [1.82, 2.24) is 15.1 Å². The maximum absolute atomic E-state index is 10.9. The van der Waals surface area contributed by atoms with Gasteiger partial charge in [-0.15, -0.1) is 0 Å². The highest BCUT2D eigenvalue weighted by molar-refractivity contribution is 5.76. The van der Waals surface area contributed by atoms with Gasteiger partial charge in [-0.25, -0.2) is 4.68 Å². The van der Waals surface area contributed by atoms with Crippen molar-refractivity contribution in [1.29, 1.82) is 0 Å². The van der Waals surface area contributed by atoms with Crippen LogP contribution in [0.1, 0.15) is 0 Å². The van der Waals surface area contributed by atoms with Gasteiger partial charge in [0.25, 0.3) is 0 Å². The van der Waals surface area contributed by atoms with Gasteiger partial charge >= 0.3 is 5.69 Å². The molecule has 0 spiro atoms. The van der Waals surface area contributed by atoms with Crippen LogP contribution < -0.4 is 11.1 Å². The van der Waals surface area contributed by atoms with Crippen molar-refractivity contribution in [2.75, 3.05) is 12.8 Å². The molecule has 1 aromatic rings. The Balaban J connectivity index is 2.90. The first kappa shape index (κ1) is 9.96. The Morgan fingerprint density at radius 2 is 2.50 bits per heavy atom. The van der Waals surface area contributed by atoms with Gasteiger partial charge in [0.1, 0.15) is 12.7 Å². The van der Waals surface area contributed by atoms with Crippen molar-refractivity contribution in [3.05, 3.63) is 16.3 Å². The number of nitrogens with one attached hydrogen (secondary N) is 1. The minimum absolute atomic E-state index is 0.126. The lowest BCUT2D eigenvalue weighted by Gasteiger charge is -2.00. The topological polar surface area (TPSA) is 116 Å². The van der Waals surface area contributed by atoms with Gasteiger partial charge in [-0.2, -0.15) is 5.10 Å². The molecule has 0 saturated carbocycles. The van der Waals surface area contributed by atoms with Gasteiger partial charge in [0.2, 0.25) is 11.7 Å². The van der Waals surface area contributed by atoms with E-state index in [1.807, 2.05) is 0 Å². The quantitative estimate of drug-likeness (QED) is 0.484. The summed E-state index contributed by atoms with van der Waals surface area (Å²) < 4.78 is 1.07. The minimum atomic E-state index is -0.650. The van der Waals surface area contributed by atoms with E-state index in [-0.39, 0.29) is 24.0 Å². The normalized spacial score (nSPS) is 9.79. The monoisotopic (exact) mass is 199 g/mol. The van der Waals surface area contributed by atoms with Crippen LogP contribution in [0.25, 0.3) is 0 Å². The number of carbonyl (C=O) groups is 1. The van der Waals surface area contributed by atoms with E-state index in [2.05, 4.69) is 10.4 Å². The van der Waals surface area contributed by atoms with Crippen LogP contribution in [0.2, 0.25) is 0 Å². The van der Waals surface area contributed by atoms with Crippen LogP contribution >= 0.6 is 0 Å². The maximum Gasteiger partial charge on any atom is 0.330 e. The van der Waals surface area contributed by atoms with Gasteiger partial charge in [-0.05, 0) is 0 Å². The van der Waals surface area contributed by atoms with Gasteiger partial charge in [-0.3, -0.25) is 14.9 Å². The SMILES string of the molecule is CNC(=O)Cn1ncc([N+](=O)[O-])c1N. The van der Waals surface area contributed by atoms with Gasteiger partial charge < -0.3 is 11.1 Å². The molecule has 0 radical (unpaired) electrons. The molecule has 0 saturated heterocycles. The van der Waals surface area contributed by atoms with Gasteiger partial charge in [-0.1, -0.05) is 0 Å². The molecule has 1 heterocycles.